The zero-order chi connectivity index (χ0) is 20.1. The van der Waals surface area contributed by atoms with Gasteiger partial charge in [-0.05, 0) is 48.7 Å². The Morgan fingerprint density at radius 1 is 1.29 bits per heavy atom. The van der Waals surface area contributed by atoms with Gasteiger partial charge in [0.2, 0.25) is 5.91 Å². The number of nitrogens with one attached hydrogen (secondary N) is 1. The van der Waals surface area contributed by atoms with Crippen LogP contribution in [0.4, 0.5) is 4.39 Å². The molecule has 1 saturated heterocycles. The Balaban J connectivity index is 1.61. The normalized spacial score (nSPS) is 17.2. The Morgan fingerprint density at radius 2 is 2.11 bits per heavy atom. The minimum absolute atomic E-state index is 0.0494. The number of carbonyl (C=O) groups excluding carboxylic acids is 2. The van der Waals surface area contributed by atoms with Crippen LogP contribution in [0, 0.1) is 5.82 Å². The van der Waals surface area contributed by atoms with E-state index < -0.39 is 5.82 Å². The minimum Gasteiger partial charge on any atom is -0.497 e. The number of hydrogen-bond acceptors (Lipinski definition) is 3. The highest BCUT2D eigenvalue weighted by molar-refractivity contribution is 6.31. The van der Waals surface area contributed by atoms with Crippen molar-refractivity contribution >= 4 is 23.4 Å². The molecule has 5 nitrogen and oxygen atoms in total. The number of halogens is 2. The van der Waals surface area contributed by atoms with Crippen molar-refractivity contribution < 1.29 is 18.7 Å². The lowest BCUT2D eigenvalue weighted by molar-refractivity contribution is -0.131. The first-order valence-electron chi connectivity index (χ1n) is 9.12. The van der Waals surface area contributed by atoms with Crippen molar-refractivity contribution in [1.82, 2.24) is 10.2 Å². The van der Waals surface area contributed by atoms with Gasteiger partial charge >= 0.3 is 0 Å². The average molecular weight is 405 g/mol. The summed E-state index contributed by atoms with van der Waals surface area (Å²) < 4.78 is 18.7. The predicted octanol–water partition coefficient (Wildman–Crippen LogP) is 3.80. The summed E-state index contributed by atoms with van der Waals surface area (Å²) in [4.78, 5) is 26.7. The molecule has 28 heavy (non-hydrogen) atoms. The lowest BCUT2D eigenvalue weighted by Crippen LogP contribution is -2.36. The molecule has 1 unspecified atom stereocenters. The highest BCUT2D eigenvalue weighted by atomic mass is 35.5. The maximum atomic E-state index is 13.5. The summed E-state index contributed by atoms with van der Waals surface area (Å²) in [6.07, 6.45) is 1.52. The first-order valence-corrected chi connectivity index (χ1v) is 9.50. The topological polar surface area (TPSA) is 58.6 Å². The van der Waals surface area contributed by atoms with Crippen LogP contribution in [0.3, 0.4) is 0 Å². The summed E-state index contributed by atoms with van der Waals surface area (Å²) in [5.74, 6) is -0.148. The number of benzene rings is 2. The molecule has 0 aliphatic carbocycles. The van der Waals surface area contributed by atoms with E-state index in [1.165, 1.54) is 6.07 Å². The molecule has 0 saturated carbocycles. The fourth-order valence-electron chi connectivity index (χ4n) is 3.29. The summed E-state index contributed by atoms with van der Waals surface area (Å²) in [6, 6.07) is 11.2. The van der Waals surface area contributed by atoms with Crippen molar-refractivity contribution in [3.05, 3.63) is 64.4 Å². The van der Waals surface area contributed by atoms with Crippen molar-refractivity contribution in [3.63, 3.8) is 0 Å². The fraction of sp³-hybridized carbons (Fsp3) is 0.333. The van der Waals surface area contributed by atoms with E-state index in [4.69, 9.17) is 16.3 Å². The van der Waals surface area contributed by atoms with E-state index in [2.05, 4.69) is 5.32 Å². The van der Waals surface area contributed by atoms with Crippen LogP contribution in [0.2, 0.25) is 5.02 Å². The number of methoxy groups -OCH3 is 1. The number of nitrogens with zero attached hydrogens (tertiary/aromatic N) is 1. The molecule has 1 atom stereocenters. The van der Waals surface area contributed by atoms with Gasteiger partial charge in [0.15, 0.2) is 0 Å². The standard InChI is InChI=1S/C21H22ClFN2O3/c1-28-19-4-2-3-14(9-19)13-25-8-7-18(5-6-20(25)26)24-21(27)15-10-16(22)12-17(23)11-15/h2-4,9-12,18H,5-8,13H2,1H3,(H,24,27). The molecular formula is C21H22ClFN2O3. The van der Waals surface area contributed by atoms with Crippen LogP contribution in [0.25, 0.3) is 0 Å². The molecule has 3 rings (SSSR count). The molecule has 0 spiro atoms. The third kappa shape index (κ3) is 5.23. The number of ether oxygens (including phenoxy) is 1. The Bertz CT molecular complexity index is 854. The molecule has 1 fully saturated rings. The van der Waals surface area contributed by atoms with Gasteiger partial charge < -0.3 is 15.0 Å². The van der Waals surface area contributed by atoms with Gasteiger partial charge in [-0.2, -0.15) is 0 Å². The maximum Gasteiger partial charge on any atom is 0.251 e. The van der Waals surface area contributed by atoms with Gasteiger partial charge in [-0.25, -0.2) is 4.39 Å². The largest absolute Gasteiger partial charge is 0.497 e. The van der Waals surface area contributed by atoms with E-state index >= 15 is 0 Å². The molecule has 1 N–H and O–H groups in total. The first-order chi connectivity index (χ1) is 13.4. The van der Waals surface area contributed by atoms with Crippen LogP contribution in [0.1, 0.15) is 35.2 Å². The quantitative estimate of drug-likeness (QED) is 0.824. The lowest BCUT2D eigenvalue weighted by Gasteiger charge is -2.21. The molecular weight excluding hydrogens is 383 g/mol. The minimum atomic E-state index is -0.557. The molecule has 2 aromatic rings. The van der Waals surface area contributed by atoms with Crippen LogP contribution >= 0.6 is 11.6 Å². The highest BCUT2D eigenvalue weighted by Gasteiger charge is 2.24. The van der Waals surface area contributed by atoms with Crippen molar-refractivity contribution in [2.45, 2.75) is 31.8 Å². The zero-order valence-corrected chi connectivity index (χ0v) is 16.3. The third-order valence-electron chi connectivity index (χ3n) is 4.77. The molecule has 1 heterocycles. The van der Waals surface area contributed by atoms with E-state index in [0.717, 1.165) is 23.4 Å². The Hall–Kier alpha value is -2.60. The summed E-state index contributed by atoms with van der Waals surface area (Å²) in [5.41, 5.74) is 1.17. The van der Waals surface area contributed by atoms with Gasteiger partial charge in [-0.15, -0.1) is 0 Å². The summed E-state index contributed by atoms with van der Waals surface area (Å²) in [5, 5.41) is 3.06. The Kier molecular flexibility index (Phi) is 6.52. The van der Waals surface area contributed by atoms with Gasteiger partial charge in [0, 0.05) is 36.1 Å². The van der Waals surface area contributed by atoms with E-state index in [-0.39, 0.29) is 28.4 Å². The molecule has 2 aromatic carbocycles. The van der Waals surface area contributed by atoms with E-state index in [1.54, 1.807) is 12.0 Å². The van der Waals surface area contributed by atoms with E-state index in [1.807, 2.05) is 24.3 Å². The van der Waals surface area contributed by atoms with Crippen molar-refractivity contribution in [3.8, 4) is 5.75 Å². The van der Waals surface area contributed by atoms with Gasteiger partial charge in [0.1, 0.15) is 11.6 Å². The molecule has 2 amide bonds. The predicted molar refractivity (Wildman–Crippen MR) is 105 cm³/mol. The number of likely N-dealkylation sites (tertiary alicyclic amines) is 1. The molecule has 1 aliphatic rings. The molecule has 0 bridgehead atoms. The smallest absolute Gasteiger partial charge is 0.251 e. The number of hydrogen-bond donors (Lipinski definition) is 1. The van der Waals surface area contributed by atoms with Crippen molar-refractivity contribution in [2.24, 2.45) is 0 Å². The Labute approximate surface area is 168 Å². The Morgan fingerprint density at radius 3 is 2.86 bits per heavy atom. The highest BCUT2D eigenvalue weighted by Crippen LogP contribution is 2.19. The van der Waals surface area contributed by atoms with Gasteiger partial charge in [0.05, 0.1) is 7.11 Å². The number of rotatable bonds is 5. The average Bonchev–Trinajstić information content (AvgIpc) is 2.83. The summed E-state index contributed by atoms with van der Waals surface area (Å²) in [7, 11) is 1.61. The van der Waals surface area contributed by atoms with Crippen LogP contribution in [0.15, 0.2) is 42.5 Å². The SMILES string of the molecule is COc1cccc(CN2CCC(NC(=O)c3cc(F)cc(Cl)c3)CCC2=O)c1. The van der Waals surface area contributed by atoms with Crippen molar-refractivity contribution in [1.29, 1.82) is 0 Å². The number of amides is 2. The van der Waals surface area contributed by atoms with Crippen LogP contribution in [0.5, 0.6) is 5.75 Å². The van der Waals surface area contributed by atoms with Gasteiger partial charge in [-0.1, -0.05) is 23.7 Å². The number of carbonyl (C=O) groups is 2. The second kappa shape index (κ2) is 9.06. The van der Waals surface area contributed by atoms with Gasteiger partial charge in [0.25, 0.3) is 5.91 Å². The molecule has 0 aromatic heterocycles. The second-order valence-corrected chi connectivity index (χ2v) is 7.26. The fourth-order valence-corrected chi connectivity index (χ4v) is 3.51. The molecule has 0 radical (unpaired) electrons. The summed E-state index contributed by atoms with van der Waals surface area (Å²) in [6.45, 7) is 1.03. The maximum absolute atomic E-state index is 13.5. The zero-order valence-electron chi connectivity index (χ0n) is 15.6. The van der Waals surface area contributed by atoms with E-state index in [0.29, 0.717) is 32.4 Å². The van der Waals surface area contributed by atoms with Crippen molar-refractivity contribution in [2.75, 3.05) is 13.7 Å². The molecule has 7 heteroatoms. The third-order valence-corrected chi connectivity index (χ3v) is 4.99. The lowest BCUT2D eigenvalue weighted by atomic mass is 10.1. The molecule has 1 aliphatic heterocycles. The van der Waals surface area contributed by atoms with Gasteiger partial charge in [-0.3, -0.25) is 9.59 Å². The van der Waals surface area contributed by atoms with Crippen LogP contribution in [-0.2, 0) is 11.3 Å². The summed E-state index contributed by atoms with van der Waals surface area (Å²) >= 11 is 5.82. The van der Waals surface area contributed by atoms with Crippen LogP contribution < -0.4 is 10.1 Å². The molecule has 148 valence electrons. The first kappa shape index (κ1) is 20.1. The van der Waals surface area contributed by atoms with Crippen LogP contribution in [-0.4, -0.2) is 36.4 Å². The monoisotopic (exact) mass is 404 g/mol. The second-order valence-electron chi connectivity index (χ2n) is 6.82. The van der Waals surface area contributed by atoms with E-state index in [9.17, 15) is 14.0 Å².